The van der Waals surface area contributed by atoms with Crippen molar-refractivity contribution >= 4 is 33.6 Å². The van der Waals surface area contributed by atoms with Gasteiger partial charge in [0.05, 0.1) is 19.3 Å². The molecule has 4 amide bonds. The molecule has 3 N–H and O–H groups in total. The molecular formula is C25H24N4O6S. The van der Waals surface area contributed by atoms with E-state index in [1.165, 1.54) is 54.4 Å². The van der Waals surface area contributed by atoms with Crippen molar-refractivity contribution in [3.05, 3.63) is 89.0 Å². The zero-order valence-electron chi connectivity index (χ0n) is 19.6. The number of urea groups is 1. The maximum absolute atomic E-state index is 13.4. The lowest BCUT2D eigenvalue weighted by Gasteiger charge is -2.34. The third-order valence-corrected chi connectivity index (χ3v) is 7.58. The number of nitrogens with two attached hydrogens (primary N) is 1. The van der Waals surface area contributed by atoms with Crippen molar-refractivity contribution in [2.45, 2.75) is 18.0 Å². The maximum Gasteiger partial charge on any atom is 0.338 e. The Hall–Kier alpha value is -4.38. The highest BCUT2D eigenvalue weighted by Gasteiger charge is 2.40. The molecule has 3 aromatic rings. The Kier molecular flexibility index (Phi) is 6.67. The predicted molar refractivity (Wildman–Crippen MR) is 132 cm³/mol. The van der Waals surface area contributed by atoms with Gasteiger partial charge >= 0.3 is 6.03 Å². The van der Waals surface area contributed by atoms with Crippen LogP contribution in [0.2, 0.25) is 0 Å². The van der Waals surface area contributed by atoms with Crippen LogP contribution in [0.25, 0.3) is 0 Å². The van der Waals surface area contributed by atoms with Crippen LogP contribution in [0.3, 0.4) is 0 Å². The minimum atomic E-state index is -4.26. The molecule has 0 aliphatic carbocycles. The maximum atomic E-state index is 13.4. The second kappa shape index (κ2) is 9.70. The van der Waals surface area contributed by atoms with Crippen LogP contribution < -0.4 is 20.7 Å². The number of anilines is 1. The molecule has 1 aliphatic rings. The van der Waals surface area contributed by atoms with Crippen molar-refractivity contribution in [3.63, 3.8) is 0 Å². The number of nitrogens with zero attached hydrogens (tertiary/aromatic N) is 2. The first-order valence-corrected chi connectivity index (χ1v) is 12.3. The first-order chi connectivity index (χ1) is 17.1. The van der Waals surface area contributed by atoms with Crippen LogP contribution in [0.4, 0.5) is 10.5 Å². The second-order valence-corrected chi connectivity index (χ2v) is 9.96. The Bertz CT molecular complexity index is 1440. The number of carbonyl (C=O) groups excluding carboxylic acids is 3. The number of methoxy groups -OCH3 is 1. The third-order valence-electron chi connectivity index (χ3n) is 5.83. The summed E-state index contributed by atoms with van der Waals surface area (Å²) in [6.07, 6.45) is 0. The van der Waals surface area contributed by atoms with E-state index in [0.29, 0.717) is 11.3 Å². The Balaban J connectivity index is 1.58. The molecule has 1 heterocycles. The van der Waals surface area contributed by atoms with Crippen molar-refractivity contribution in [1.82, 2.24) is 9.62 Å². The molecule has 36 heavy (non-hydrogen) atoms. The summed E-state index contributed by atoms with van der Waals surface area (Å²) >= 11 is 0. The zero-order chi connectivity index (χ0) is 26.0. The topological polar surface area (TPSA) is 139 Å². The number of fused-ring (bicyclic) bond motifs is 1. The van der Waals surface area contributed by atoms with Gasteiger partial charge in [-0.2, -0.15) is 0 Å². The number of rotatable bonds is 7. The normalized spacial score (nSPS) is 14.2. The van der Waals surface area contributed by atoms with Crippen molar-refractivity contribution in [1.29, 1.82) is 0 Å². The molecule has 0 aromatic heterocycles. The molecule has 0 saturated carbocycles. The molecule has 4 rings (SSSR count). The number of primary amides is 1. The SMILES string of the molecule is COc1ccc(CNC(=O)c2ccc3c(c2)S(=O)(=O)N(Cc2ccc(C(N)=O)cc2)C(=O)N3C)cc1. The van der Waals surface area contributed by atoms with Gasteiger partial charge in [0.2, 0.25) is 5.91 Å². The fourth-order valence-corrected chi connectivity index (χ4v) is 5.38. The smallest absolute Gasteiger partial charge is 0.338 e. The summed E-state index contributed by atoms with van der Waals surface area (Å²) in [7, 11) is -1.24. The summed E-state index contributed by atoms with van der Waals surface area (Å²) in [6.45, 7) is -0.0175. The molecule has 0 radical (unpaired) electrons. The predicted octanol–water partition coefficient (Wildman–Crippen LogP) is 2.48. The highest BCUT2D eigenvalue weighted by atomic mass is 32.2. The average molecular weight is 509 g/mol. The Morgan fingerprint density at radius 1 is 0.944 bits per heavy atom. The van der Waals surface area contributed by atoms with Crippen LogP contribution in [0.15, 0.2) is 71.6 Å². The average Bonchev–Trinajstić information content (AvgIpc) is 2.89. The Morgan fingerprint density at radius 2 is 1.56 bits per heavy atom. The zero-order valence-corrected chi connectivity index (χ0v) is 20.4. The van der Waals surface area contributed by atoms with Gasteiger partial charge in [-0.05, 0) is 53.6 Å². The minimum Gasteiger partial charge on any atom is -0.497 e. The van der Waals surface area contributed by atoms with Gasteiger partial charge in [-0.15, -0.1) is 0 Å². The highest BCUT2D eigenvalue weighted by Crippen LogP contribution is 2.35. The number of hydrogen-bond acceptors (Lipinski definition) is 6. The molecular weight excluding hydrogens is 484 g/mol. The van der Waals surface area contributed by atoms with Crippen molar-refractivity contribution in [2.24, 2.45) is 5.73 Å². The van der Waals surface area contributed by atoms with Crippen LogP contribution in [-0.2, 0) is 23.1 Å². The number of hydrogen-bond donors (Lipinski definition) is 2. The fraction of sp³-hybridized carbons (Fsp3) is 0.160. The van der Waals surface area contributed by atoms with Gasteiger partial charge in [0.15, 0.2) is 0 Å². The van der Waals surface area contributed by atoms with Crippen LogP contribution >= 0.6 is 0 Å². The van der Waals surface area contributed by atoms with E-state index in [4.69, 9.17) is 10.5 Å². The van der Waals surface area contributed by atoms with Crippen molar-refractivity contribution in [2.75, 3.05) is 19.1 Å². The third kappa shape index (κ3) is 4.73. The lowest BCUT2D eigenvalue weighted by Crippen LogP contribution is -2.48. The number of amides is 4. The molecule has 0 fully saturated rings. The summed E-state index contributed by atoms with van der Waals surface area (Å²) in [5.74, 6) is -0.386. The van der Waals surface area contributed by atoms with E-state index < -0.39 is 27.9 Å². The number of benzene rings is 3. The van der Waals surface area contributed by atoms with Gasteiger partial charge in [-0.3, -0.25) is 14.5 Å². The molecule has 0 spiro atoms. The van der Waals surface area contributed by atoms with E-state index in [1.807, 2.05) is 12.1 Å². The van der Waals surface area contributed by atoms with Crippen LogP contribution in [0, 0.1) is 0 Å². The second-order valence-electron chi connectivity index (χ2n) is 8.13. The molecule has 0 unspecified atom stereocenters. The standard InChI is InChI=1S/C25H24N4O6S/c1-28-21-12-9-19(24(31)27-14-16-5-10-20(35-2)11-6-16)13-22(21)36(33,34)29(25(28)32)15-17-3-7-18(8-4-17)23(26)30/h3-13H,14-15H2,1-2H3,(H2,26,30)(H,27,31). The molecule has 10 nitrogen and oxygen atoms in total. The van der Waals surface area contributed by atoms with E-state index >= 15 is 0 Å². The fourth-order valence-electron chi connectivity index (χ4n) is 3.75. The largest absolute Gasteiger partial charge is 0.497 e. The van der Waals surface area contributed by atoms with Gasteiger partial charge < -0.3 is 15.8 Å². The number of nitrogens with one attached hydrogen (secondary N) is 1. The van der Waals surface area contributed by atoms with E-state index in [2.05, 4.69) is 5.32 Å². The van der Waals surface area contributed by atoms with Gasteiger partial charge in [0.25, 0.3) is 15.9 Å². The molecule has 0 saturated heterocycles. The van der Waals surface area contributed by atoms with Gasteiger partial charge in [-0.25, -0.2) is 17.5 Å². The van der Waals surface area contributed by atoms with Gasteiger partial charge in [0, 0.05) is 24.7 Å². The molecule has 1 aliphatic heterocycles. The quantitative estimate of drug-likeness (QED) is 0.503. The first-order valence-electron chi connectivity index (χ1n) is 10.9. The molecule has 186 valence electrons. The number of carbonyl (C=O) groups is 3. The van der Waals surface area contributed by atoms with E-state index in [9.17, 15) is 22.8 Å². The van der Waals surface area contributed by atoms with Crippen LogP contribution in [0.5, 0.6) is 5.75 Å². The van der Waals surface area contributed by atoms with Crippen LogP contribution in [-0.4, -0.2) is 44.7 Å². The van der Waals surface area contributed by atoms with Gasteiger partial charge in [-0.1, -0.05) is 24.3 Å². The molecule has 3 aromatic carbocycles. The van der Waals surface area contributed by atoms with E-state index in [1.54, 1.807) is 19.2 Å². The summed E-state index contributed by atoms with van der Waals surface area (Å²) in [5, 5.41) is 2.77. The minimum absolute atomic E-state index is 0.138. The van der Waals surface area contributed by atoms with Crippen LogP contribution in [0.1, 0.15) is 31.8 Å². The lowest BCUT2D eigenvalue weighted by molar-refractivity contribution is 0.0949. The van der Waals surface area contributed by atoms with E-state index in [-0.39, 0.29) is 34.8 Å². The summed E-state index contributed by atoms with van der Waals surface area (Å²) in [5.41, 5.74) is 7.15. The Labute approximate surface area is 208 Å². The first kappa shape index (κ1) is 24.7. The number of ether oxygens (including phenoxy) is 1. The van der Waals surface area contributed by atoms with Crippen molar-refractivity contribution < 1.29 is 27.5 Å². The van der Waals surface area contributed by atoms with E-state index in [0.717, 1.165) is 9.87 Å². The lowest BCUT2D eigenvalue weighted by atomic mass is 10.1. The summed E-state index contributed by atoms with van der Waals surface area (Å²) in [4.78, 5) is 38.1. The monoisotopic (exact) mass is 508 g/mol. The summed E-state index contributed by atoms with van der Waals surface area (Å²) in [6, 6.07) is 16.6. The highest BCUT2D eigenvalue weighted by molar-refractivity contribution is 7.90. The molecule has 0 atom stereocenters. The summed E-state index contributed by atoms with van der Waals surface area (Å²) < 4.78 is 32.7. The Morgan fingerprint density at radius 3 is 2.17 bits per heavy atom. The molecule has 11 heteroatoms. The number of sulfonamides is 1. The van der Waals surface area contributed by atoms with Gasteiger partial charge in [0.1, 0.15) is 10.6 Å². The molecule has 0 bridgehead atoms. The van der Waals surface area contributed by atoms with Crippen molar-refractivity contribution in [3.8, 4) is 5.75 Å².